The van der Waals surface area contributed by atoms with Gasteiger partial charge >= 0.3 is 5.97 Å². The molecule has 0 unspecified atom stereocenters. The van der Waals surface area contributed by atoms with E-state index in [1.807, 2.05) is 16.8 Å². The van der Waals surface area contributed by atoms with E-state index in [0.717, 1.165) is 5.56 Å². The summed E-state index contributed by atoms with van der Waals surface area (Å²) in [7, 11) is 1.33. The number of nitrogens with one attached hydrogen (secondary N) is 1. The molecule has 2 rings (SSSR count). The van der Waals surface area contributed by atoms with Crippen LogP contribution in [0, 0.1) is 0 Å². The zero-order valence-electron chi connectivity index (χ0n) is 12.2. The Labute approximate surface area is 128 Å². The normalized spacial score (nSPS) is 10.6. The minimum absolute atomic E-state index is 0.191. The fourth-order valence-electron chi connectivity index (χ4n) is 1.85. The lowest BCUT2D eigenvalue weighted by Crippen LogP contribution is -2.25. The summed E-state index contributed by atoms with van der Waals surface area (Å²) in [5.41, 5.74) is 1.21. The van der Waals surface area contributed by atoms with Crippen molar-refractivity contribution in [2.45, 2.75) is 6.54 Å². The zero-order valence-corrected chi connectivity index (χ0v) is 12.2. The molecule has 1 heterocycles. The number of amides is 1. The largest absolute Gasteiger partial charge is 0.465 e. The van der Waals surface area contributed by atoms with Gasteiger partial charge in [0.1, 0.15) is 0 Å². The Morgan fingerprint density at radius 3 is 3.00 bits per heavy atom. The molecular weight excluding hydrogens is 282 g/mol. The van der Waals surface area contributed by atoms with Crippen molar-refractivity contribution in [2.24, 2.45) is 0 Å². The summed E-state index contributed by atoms with van der Waals surface area (Å²) in [6, 6.07) is 6.88. The van der Waals surface area contributed by atoms with E-state index < -0.39 is 5.97 Å². The number of rotatable bonds is 6. The fraction of sp³-hybridized carbons (Fsp3) is 0.188. The van der Waals surface area contributed by atoms with E-state index in [1.54, 1.807) is 36.8 Å². The number of imidazole rings is 1. The molecular formula is C16H17N3O3. The highest BCUT2D eigenvalue weighted by molar-refractivity contribution is 5.93. The average molecular weight is 299 g/mol. The van der Waals surface area contributed by atoms with Crippen LogP contribution < -0.4 is 5.32 Å². The number of hydrogen-bond acceptors (Lipinski definition) is 4. The van der Waals surface area contributed by atoms with Gasteiger partial charge in [0.2, 0.25) is 5.91 Å². The summed E-state index contributed by atoms with van der Waals surface area (Å²) >= 11 is 0. The maximum absolute atomic E-state index is 11.7. The van der Waals surface area contributed by atoms with E-state index >= 15 is 0 Å². The number of nitrogens with zero attached hydrogens (tertiary/aromatic N) is 2. The summed E-state index contributed by atoms with van der Waals surface area (Å²) in [6.45, 7) is 1.18. The second kappa shape index (κ2) is 7.78. The lowest BCUT2D eigenvalue weighted by atomic mass is 10.1. The maximum atomic E-state index is 11.7. The molecule has 1 N–H and O–H groups in total. The Kier molecular flexibility index (Phi) is 5.48. The van der Waals surface area contributed by atoms with Crippen LogP contribution in [0.25, 0.3) is 6.08 Å². The summed E-state index contributed by atoms with van der Waals surface area (Å²) in [5.74, 6) is -0.594. The van der Waals surface area contributed by atoms with Crippen LogP contribution in [-0.2, 0) is 16.1 Å². The molecule has 1 amide bonds. The van der Waals surface area contributed by atoms with Crippen LogP contribution in [0.3, 0.4) is 0 Å². The molecule has 1 aromatic heterocycles. The molecule has 0 spiro atoms. The number of esters is 1. The summed E-state index contributed by atoms with van der Waals surface area (Å²) < 4.78 is 6.53. The second-order valence-electron chi connectivity index (χ2n) is 4.54. The molecule has 6 heteroatoms. The van der Waals surface area contributed by atoms with Gasteiger partial charge in [-0.05, 0) is 23.8 Å². The molecule has 0 atom stereocenters. The number of ether oxygens (including phenoxy) is 1. The maximum Gasteiger partial charge on any atom is 0.337 e. The number of carbonyl (C=O) groups excluding carboxylic acids is 2. The third-order valence-electron chi connectivity index (χ3n) is 2.96. The van der Waals surface area contributed by atoms with E-state index in [2.05, 4.69) is 15.0 Å². The molecule has 22 heavy (non-hydrogen) atoms. The van der Waals surface area contributed by atoms with Gasteiger partial charge in [-0.15, -0.1) is 0 Å². The lowest BCUT2D eigenvalue weighted by Gasteiger charge is -2.03. The van der Waals surface area contributed by atoms with Gasteiger partial charge in [-0.3, -0.25) is 4.79 Å². The van der Waals surface area contributed by atoms with E-state index in [1.165, 1.54) is 13.2 Å². The van der Waals surface area contributed by atoms with E-state index in [9.17, 15) is 9.59 Å². The average Bonchev–Trinajstić information content (AvgIpc) is 3.06. The van der Waals surface area contributed by atoms with Gasteiger partial charge in [0.25, 0.3) is 0 Å². The highest BCUT2D eigenvalue weighted by atomic mass is 16.5. The van der Waals surface area contributed by atoms with Crippen LogP contribution in [0.1, 0.15) is 15.9 Å². The topological polar surface area (TPSA) is 73.2 Å². The Morgan fingerprint density at radius 2 is 2.27 bits per heavy atom. The molecule has 0 saturated carbocycles. The van der Waals surface area contributed by atoms with Crippen LogP contribution in [0.15, 0.2) is 49.1 Å². The zero-order chi connectivity index (χ0) is 15.8. The van der Waals surface area contributed by atoms with Crippen molar-refractivity contribution in [3.8, 4) is 0 Å². The molecule has 0 bridgehead atoms. The molecule has 0 fully saturated rings. The van der Waals surface area contributed by atoms with Gasteiger partial charge in [0.05, 0.1) is 19.0 Å². The number of hydrogen-bond donors (Lipinski definition) is 1. The molecule has 0 saturated heterocycles. The predicted molar refractivity (Wildman–Crippen MR) is 82.1 cm³/mol. The number of benzene rings is 1. The van der Waals surface area contributed by atoms with Crippen LogP contribution in [0.5, 0.6) is 0 Å². The van der Waals surface area contributed by atoms with Crippen LogP contribution in [0.4, 0.5) is 0 Å². The number of aromatic nitrogens is 2. The monoisotopic (exact) mass is 299 g/mol. The SMILES string of the molecule is COC(=O)c1cccc(/C=C/C(=O)NCCn2ccnc2)c1. The Balaban J connectivity index is 1.85. The van der Waals surface area contributed by atoms with E-state index in [4.69, 9.17) is 0 Å². The van der Waals surface area contributed by atoms with Crippen LogP contribution in [0.2, 0.25) is 0 Å². The third kappa shape index (κ3) is 4.59. The van der Waals surface area contributed by atoms with Gasteiger partial charge in [-0.1, -0.05) is 12.1 Å². The van der Waals surface area contributed by atoms with Crippen molar-refractivity contribution in [1.29, 1.82) is 0 Å². The Morgan fingerprint density at radius 1 is 1.41 bits per heavy atom. The third-order valence-corrected chi connectivity index (χ3v) is 2.96. The van der Waals surface area contributed by atoms with E-state index in [-0.39, 0.29) is 5.91 Å². The van der Waals surface area contributed by atoms with Crippen LogP contribution in [-0.4, -0.2) is 35.1 Å². The summed E-state index contributed by atoms with van der Waals surface area (Å²) in [5, 5.41) is 2.77. The molecule has 0 aliphatic heterocycles. The Hall–Kier alpha value is -2.89. The smallest absolute Gasteiger partial charge is 0.337 e. The van der Waals surface area contributed by atoms with Gasteiger partial charge < -0.3 is 14.6 Å². The minimum atomic E-state index is -0.403. The molecule has 0 aliphatic carbocycles. The first-order valence-corrected chi connectivity index (χ1v) is 6.79. The first kappa shape index (κ1) is 15.5. The predicted octanol–water partition coefficient (Wildman–Crippen LogP) is 1.50. The van der Waals surface area contributed by atoms with Crippen molar-refractivity contribution in [3.05, 3.63) is 60.2 Å². The number of carbonyl (C=O) groups is 2. The minimum Gasteiger partial charge on any atom is -0.465 e. The Bertz CT molecular complexity index is 663. The molecule has 6 nitrogen and oxygen atoms in total. The van der Waals surface area contributed by atoms with Crippen molar-refractivity contribution < 1.29 is 14.3 Å². The first-order valence-electron chi connectivity index (χ1n) is 6.79. The molecule has 114 valence electrons. The van der Waals surface area contributed by atoms with Crippen molar-refractivity contribution in [2.75, 3.05) is 13.7 Å². The van der Waals surface area contributed by atoms with Crippen molar-refractivity contribution in [3.63, 3.8) is 0 Å². The first-order chi connectivity index (χ1) is 10.7. The summed E-state index contributed by atoms with van der Waals surface area (Å²) in [4.78, 5) is 27.1. The summed E-state index contributed by atoms with van der Waals surface area (Å²) in [6.07, 6.45) is 8.31. The number of methoxy groups -OCH3 is 1. The molecule has 2 aromatic rings. The lowest BCUT2D eigenvalue weighted by molar-refractivity contribution is -0.116. The highest BCUT2D eigenvalue weighted by Crippen LogP contribution is 2.08. The van der Waals surface area contributed by atoms with Crippen molar-refractivity contribution >= 4 is 18.0 Å². The van der Waals surface area contributed by atoms with E-state index in [0.29, 0.717) is 18.7 Å². The van der Waals surface area contributed by atoms with Crippen LogP contribution >= 0.6 is 0 Å². The standard InChI is InChI=1S/C16H17N3O3/c1-22-16(21)14-4-2-3-13(11-14)5-6-15(20)18-8-10-19-9-7-17-12-19/h2-7,9,11-12H,8,10H2,1H3,(H,18,20)/b6-5+. The van der Waals surface area contributed by atoms with Crippen molar-refractivity contribution in [1.82, 2.24) is 14.9 Å². The second-order valence-corrected chi connectivity index (χ2v) is 4.54. The molecule has 0 aliphatic rings. The van der Waals surface area contributed by atoms with Gasteiger partial charge in [-0.25, -0.2) is 9.78 Å². The molecule has 0 radical (unpaired) electrons. The quantitative estimate of drug-likeness (QED) is 0.648. The fourth-order valence-corrected chi connectivity index (χ4v) is 1.85. The van der Waals surface area contributed by atoms with Gasteiger partial charge in [-0.2, -0.15) is 0 Å². The molecule has 1 aromatic carbocycles. The van der Waals surface area contributed by atoms with Gasteiger partial charge in [0, 0.05) is 31.6 Å². The van der Waals surface area contributed by atoms with Gasteiger partial charge in [0.15, 0.2) is 0 Å². The highest BCUT2D eigenvalue weighted by Gasteiger charge is 2.04.